The number of aryl methyl sites for hydroxylation is 2. The van der Waals surface area contributed by atoms with Gasteiger partial charge in [0.15, 0.2) is 0 Å². The van der Waals surface area contributed by atoms with Crippen LogP contribution in [0.25, 0.3) is 5.69 Å². The number of rotatable bonds is 6. The molecule has 1 aromatic heterocycles. The number of aromatic nitrogens is 2. The lowest BCUT2D eigenvalue weighted by molar-refractivity contribution is 0.0930. The molecule has 0 aliphatic rings. The molecule has 0 saturated heterocycles. The molecule has 1 heterocycles. The molecular formula is C21H23N3O. The summed E-state index contributed by atoms with van der Waals surface area (Å²) in [6.45, 7) is 3.94. The Labute approximate surface area is 148 Å². The first-order valence-electron chi connectivity index (χ1n) is 8.60. The minimum atomic E-state index is -0.0926. The van der Waals surface area contributed by atoms with Gasteiger partial charge in [0.25, 0.3) is 5.91 Å². The smallest absolute Gasteiger partial charge is 0.270 e. The summed E-state index contributed by atoms with van der Waals surface area (Å²) in [4.78, 5) is 12.7. The first kappa shape index (κ1) is 17.0. The molecule has 1 atom stereocenters. The van der Waals surface area contributed by atoms with Crippen LogP contribution in [0.3, 0.4) is 0 Å². The third-order valence-electron chi connectivity index (χ3n) is 4.15. The standard InChI is InChI=1S/C21H23N3O/c1-16(13-14-18-9-5-3-6-10-18)22-21(25)20-15-17(2)23-24(20)19-11-7-4-8-12-19/h3-12,15-16H,13-14H2,1-2H3,(H,22,25). The molecule has 4 nitrogen and oxygen atoms in total. The minimum absolute atomic E-state index is 0.0899. The fraction of sp³-hybridized carbons (Fsp3) is 0.238. The number of benzene rings is 2. The third kappa shape index (κ3) is 4.35. The second-order valence-electron chi connectivity index (χ2n) is 6.32. The molecule has 0 fully saturated rings. The van der Waals surface area contributed by atoms with Crippen LogP contribution in [0.5, 0.6) is 0 Å². The van der Waals surface area contributed by atoms with Gasteiger partial charge in [-0.3, -0.25) is 4.79 Å². The molecule has 4 heteroatoms. The first-order chi connectivity index (χ1) is 12.1. The van der Waals surface area contributed by atoms with Crippen molar-refractivity contribution in [2.75, 3.05) is 0 Å². The predicted octanol–water partition coefficient (Wildman–Crippen LogP) is 3.93. The topological polar surface area (TPSA) is 46.9 Å². The summed E-state index contributed by atoms with van der Waals surface area (Å²) in [5, 5.41) is 7.55. The molecule has 1 N–H and O–H groups in total. The summed E-state index contributed by atoms with van der Waals surface area (Å²) in [5.74, 6) is -0.0926. The Balaban J connectivity index is 1.67. The van der Waals surface area contributed by atoms with Crippen LogP contribution >= 0.6 is 0 Å². The molecule has 0 spiro atoms. The van der Waals surface area contributed by atoms with Gasteiger partial charge in [-0.05, 0) is 50.5 Å². The lowest BCUT2D eigenvalue weighted by atomic mass is 10.1. The van der Waals surface area contributed by atoms with Crippen LogP contribution in [-0.2, 0) is 6.42 Å². The number of hydrogen-bond donors (Lipinski definition) is 1. The van der Waals surface area contributed by atoms with Crippen molar-refractivity contribution < 1.29 is 4.79 Å². The summed E-state index contributed by atoms with van der Waals surface area (Å²) in [6, 6.07) is 22.0. The summed E-state index contributed by atoms with van der Waals surface area (Å²) >= 11 is 0. The Morgan fingerprint density at radius 2 is 1.72 bits per heavy atom. The first-order valence-corrected chi connectivity index (χ1v) is 8.60. The highest BCUT2D eigenvalue weighted by Gasteiger charge is 2.17. The van der Waals surface area contributed by atoms with Crippen molar-refractivity contribution in [3.63, 3.8) is 0 Å². The molecule has 3 rings (SSSR count). The zero-order valence-electron chi connectivity index (χ0n) is 14.6. The molecule has 1 unspecified atom stereocenters. The van der Waals surface area contributed by atoms with Gasteiger partial charge in [0.2, 0.25) is 0 Å². The molecule has 0 radical (unpaired) electrons. The molecule has 0 bridgehead atoms. The monoisotopic (exact) mass is 333 g/mol. The average molecular weight is 333 g/mol. The van der Waals surface area contributed by atoms with Crippen molar-refractivity contribution in [1.82, 2.24) is 15.1 Å². The van der Waals surface area contributed by atoms with Crippen LogP contribution in [-0.4, -0.2) is 21.7 Å². The van der Waals surface area contributed by atoms with E-state index in [2.05, 4.69) is 22.5 Å². The van der Waals surface area contributed by atoms with Crippen molar-refractivity contribution in [2.24, 2.45) is 0 Å². The van der Waals surface area contributed by atoms with E-state index in [9.17, 15) is 4.79 Å². The molecule has 0 aliphatic heterocycles. The van der Waals surface area contributed by atoms with E-state index in [0.29, 0.717) is 5.69 Å². The fourth-order valence-corrected chi connectivity index (χ4v) is 2.82. The Bertz CT molecular complexity index is 825. The van der Waals surface area contributed by atoms with E-state index in [-0.39, 0.29) is 11.9 Å². The second-order valence-corrected chi connectivity index (χ2v) is 6.32. The third-order valence-corrected chi connectivity index (χ3v) is 4.15. The van der Waals surface area contributed by atoms with Crippen LogP contribution in [0.4, 0.5) is 0 Å². The van der Waals surface area contributed by atoms with Crippen molar-refractivity contribution in [3.05, 3.63) is 83.7 Å². The molecule has 128 valence electrons. The highest BCUT2D eigenvalue weighted by Crippen LogP contribution is 2.13. The van der Waals surface area contributed by atoms with E-state index in [0.717, 1.165) is 24.2 Å². The van der Waals surface area contributed by atoms with Gasteiger partial charge >= 0.3 is 0 Å². The van der Waals surface area contributed by atoms with Gasteiger partial charge in [0.1, 0.15) is 5.69 Å². The van der Waals surface area contributed by atoms with Crippen LogP contribution in [0.15, 0.2) is 66.7 Å². The maximum absolute atomic E-state index is 12.7. The van der Waals surface area contributed by atoms with E-state index >= 15 is 0 Å². The van der Waals surface area contributed by atoms with E-state index in [1.54, 1.807) is 4.68 Å². The van der Waals surface area contributed by atoms with E-state index < -0.39 is 0 Å². The van der Waals surface area contributed by atoms with Gasteiger partial charge in [-0.2, -0.15) is 5.10 Å². The van der Waals surface area contributed by atoms with Crippen LogP contribution in [0.1, 0.15) is 35.1 Å². The molecule has 25 heavy (non-hydrogen) atoms. The van der Waals surface area contributed by atoms with Crippen molar-refractivity contribution in [2.45, 2.75) is 32.7 Å². The maximum atomic E-state index is 12.7. The molecule has 1 amide bonds. The summed E-state index contributed by atoms with van der Waals surface area (Å²) in [6.07, 6.45) is 1.84. The van der Waals surface area contributed by atoms with Crippen molar-refractivity contribution in [3.8, 4) is 5.69 Å². The largest absolute Gasteiger partial charge is 0.348 e. The lowest BCUT2D eigenvalue weighted by Crippen LogP contribution is -2.34. The Hall–Kier alpha value is -2.88. The summed E-state index contributed by atoms with van der Waals surface area (Å²) < 4.78 is 1.70. The maximum Gasteiger partial charge on any atom is 0.270 e. The van der Waals surface area contributed by atoms with Crippen LogP contribution < -0.4 is 5.32 Å². The van der Waals surface area contributed by atoms with Gasteiger partial charge in [-0.25, -0.2) is 4.68 Å². The summed E-state index contributed by atoms with van der Waals surface area (Å²) in [7, 11) is 0. The highest BCUT2D eigenvalue weighted by atomic mass is 16.2. The SMILES string of the molecule is Cc1cc(C(=O)NC(C)CCc2ccccc2)n(-c2ccccc2)n1. The molecule has 2 aromatic carbocycles. The second kappa shape index (κ2) is 7.79. The molecule has 3 aromatic rings. The number of nitrogens with one attached hydrogen (secondary N) is 1. The predicted molar refractivity (Wildman–Crippen MR) is 100.0 cm³/mol. The zero-order valence-corrected chi connectivity index (χ0v) is 14.6. The Morgan fingerprint density at radius 1 is 1.08 bits per heavy atom. The molecule has 0 aliphatic carbocycles. The van der Waals surface area contributed by atoms with Crippen molar-refractivity contribution in [1.29, 1.82) is 0 Å². The van der Waals surface area contributed by atoms with Crippen LogP contribution in [0.2, 0.25) is 0 Å². The quantitative estimate of drug-likeness (QED) is 0.743. The van der Waals surface area contributed by atoms with E-state index in [1.807, 2.05) is 68.4 Å². The van der Waals surface area contributed by atoms with Gasteiger partial charge < -0.3 is 5.32 Å². The van der Waals surface area contributed by atoms with Gasteiger partial charge in [-0.1, -0.05) is 48.5 Å². The summed E-state index contributed by atoms with van der Waals surface area (Å²) in [5.41, 5.74) is 3.56. The van der Waals surface area contributed by atoms with Gasteiger partial charge in [0.05, 0.1) is 11.4 Å². The number of carbonyl (C=O) groups is 1. The normalized spacial score (nSPS) is 11.9. The molecule has 0 saturated carbocycles. The van der Waals surface area contributed by atoms with Crippen LogP contribution in [0, 0.1) is 6.92 Å². The number of carbonyl (C=O) groups excluding carboxylic acids is 1. The van der Waals surface area contributed by atoms with Crippen molar-refractivity contribution >= 4 is 5.91 Å². The number of amides is 1. The number of para-hydroxylation sites is 1. The zero-order chi connectivity index (χ0) is 17.6. The van der Waals surface area contributed by atoms with Gasteiger partial charge in [-0.15, -0.1) is 0 Å². The number of hydrogen-bond acceptors (Lipinski definition) is 2. The Kier molecular flexibility index (Phi) is 5.29. The Morgan fingerprint density at radius 3 is 2.40 bits per heavy atom. The minimum Gasteiger partial charge on any atom is -0.348 e. The van der Waals surface area contributed by atoms with E-state index in [4.69, 9.17) is 0 Å². The molecular weight excluding hydrogens is 310 g/mol. The lowest BCUT2D eigenvalue weighted by Gasteiger charge is -2.14. The average Bonchev–Trinajstić information content (AvgIpc) is 3.04. The fourth-order valence-electron chi connectivity index (χ4n) is 2.82. The van der Waals surface area contributed by atoms with Gasteiger partial charge in [0, 0.05) is 6.04 Å². The number of nitrogens with zero attached hydrogens (tertiary/aromatic N) is 2. The highest BCUT2D eigenvalue weighted by molar-refractivity contribution is 5.93. The van der Waals surface area contributed by atoms with E-state index in [1.165, 1.54) is 5.56 Å².